The van der Waals surface area contributed by atoms with E-state index in [0.717, 1.165) is 16.3 Å². The smallest absolute Gasteiger partial charge is 0.102 e. The van der Waals surface area contributed by atoms with Gasteiger partial charge in [0.05, 0.1) is 11.3 Å². The first-order chi connectivity index (χ1) is 8.07. The Morgan fingerprint density at radius 2 is 1.76 bits per heavy atom. The molecule has 86 valence electrons. The number of nitrogens with two attached hydrogens (primary N) is 1. The van der Waals surface area contributed by atoms with E-state index in [1.54, 1.807) is 0 Å². The lowest BCUT2D eigenvalue weighted by Crippen LogP contribution is -2.02. The molecule has 2 aromatic rings. The SMILES string of the molecule is Cc1c(C#N)c(N)c2ccccc2c1C(C)C. The second-order valence-corrected chi connectivity index (χ2v) is 4.64. The first-order valence-corrected chi connectivity index (χ1v) is 5.78. The molecule has 17 heavy (non-hydrogen) atoms. The van der Waals surface area contributed by atoms with Crippen LogP contribution in [0.25, 0.3) is 10.8 Å². The summed E-state index contributed by atoms with van der Waals surface area (Å²) in [5.41, 5.74) is 9.54. The normalized spacial score (nSPS) is 10.8. The van der Waals surface area contributed by atoms with Crippen LogP contribution < -0.4 is 5.73 Å². The summed E-state index contributed by atoms with van der Waals surface area (Å²) in [5, 5.41) is 11.4. The fraction of sp³-hybridized carbons (Fsp3) is 0.267. The molecule has 2 nitrogen and oxygen atoms in total. The van der Waals surface area contributed by atoms with Gasteiger partial charge in [-0.3, -0.25) is 0 Å². The zero-order chi connectivity index (χ0) is 12.6. The fourth-order valence-corrected chi connectivity index (χ4v) is 2.51. The minimum Gasteiger partial charge on any atom is -0.397 e. The third kappa shape index (κ3) is 1.64. The number of fused-ring (bicyclic) bond motifs is 1. The summed E-state index contributed by atoms with van der Waals surface area (Å²) in [6.45, 7) is 6.27. The highest BCUT2D eigenvalue weighted by Gasteiger charge is 2.16. The number of rotatable bonds is 1. The van der Waals surface area contributed by atoms with Crippen LogP contribution in [0.15, 0.2) is 24.3 Å². The van der Waals surface area contributed by atoms with Crippen molar-refractivity contribution in [2.45, 2.75) is 26.7 Å². The van der Waals surface area contributed by atoms with E-state index in [1.807, 2.05) is 25.1 Å². The van der Waals surface area contributed by atoms with Crippen molar-refractivity contribution in [2.75, 3.05) is 5.73 Å². The van der Waals surface area contributed by atoms with Gasteiger partial charge in [0.2, 0.25) is 0 Å². The lowest BCUT2D eigenvalue weighted by molar-refractivity contribution is 0.866. The molecule has 0 atom stereocenters. The van der Waals surface area contributed by atoms with Gasteiger partial charge in [-0.2, -0.15) is 5.26 Å². The summed E-state index contributed by atoms with van der Waals surface area (Å²) in [6.07, 6.45) is 0. The van der Waals surface area contributed by atoms with E-state index in [9.17, 15) is 5.26 Å². The standard InChI is InChI=1S/C15H16N2/c1-9(2)14-10(3)13(8-16)15(17)12-7-5-4-6-11(12)14/h4-7,9H,17H2,1-3H3. The third-order valence-corrected chi connectivity index (χ3v) is 3.24. The van der Waals surface area contributed by atoms with Gasteiger partial charge in [-0.25, -0.2) is 0 Å². The maximum absolute atomic E-state index is 9.23. The highest BCUT2D eigenvalue weighted by atomic mass is 14.6. The first-order valence-electron chi connectivity index (χ1n) is 5.78. The molecule has 0 aliphatic rings. The summed E-state index contributed by atoms with van der Waals surface area (Å²) in [4.78, 5) is 0. The lowest BCUT2D eigenvalue weighted by atomic mass is 9.88. The van der Waals surface area contributed by atoms with Crippen LogP contribution in [0.5, 0.6) is 0 Å². The van der Waals surface area contributed by atoms with Crippen molar-refractivity contribution in [3.63, 3.8) is 0 Å². The summed E-state index contributed by atoms with van der Waals surface area (Å²) in [6, 6.07) is 10.3. The Balaban J connectivity index is 3.02. The van der Waals surface area contributed by atoms with Crippen molar-refractivity contribution in [2.24, 2.45) is 0 Å². The summed E-state index contributed by atoms with van der Waals surface area (Å²) >= 11 is 0. The molecule has 2 N–H and O–H groups in total. The molecule has 0 amide bonds. The minimum atomic E-state index is 0.382. The van der Waals surface area contributed by atoms with Crippen molar-refractivity contribution >= 4 is 16.5 Å². The van der Waals surface area contributed by atoms with Gasteiger partial charge in [-0.15, -0.1) is 0 Å². The summed E-state index contributed by atoms with van der Waals surface area (Å²) in [7, 11) is 0. The van der Waals surface area contributed by atoms with Crippen molar-refractivity contribution in [1.29, 1.82) is 5.26 Å². The number of anilines is 1. The van der Waals surface area contributed by atoms with Gasteiger partial charge in [-0.05, 0) is 29.4 Å². The molecule has 2 rings (SSSR count). The molecule has 0 aromatic heterocycles. The average molecular weight is 224 g/mol. The highest BCUT2D eigenvalue weighted by molar-refractivity contribution is 5.99. The Bertz CT molecular complexity index is 619. The quantitative estimate of drug-likeness (QED) is 0.750. The van der Waals surface area contributed by atoms with Crippen molar-refractivity contribution in [3.05, 3.63) is 41.0 Å². The molecule has 0 aliphatic carbocycles. The molecule has 0 bridgehead atoms. The van der Waals surface area contributed by atoms with E-state index < -0.39 is 0 Å². The number of hydrogen-bond donors (Lipinski definition) is 1. The maximum Gasteiger partial charge on any atom is 0.102 e. The molecular weight excluding hydrogens is 208 g/mol. The molecule has 0 spiro atoms. The van der Waals surface area contributed by atoms with Crippen LogP contribution in [0, 0.1) is 18.3 Å². The Morgan fingerprint density at radius 3 is 2.29 bits per heavy atom. The Hall–Kier alpha value is -2.01. The van der Waals surface area contributed by atoms with E-state index in [2.05, 4.69) is 26.0 Å². The Morgan fingerprint density at radius 1 is 1.18 bits per heavy atom. The summed E-state index contributed by atoms with van der Waals surface area (Å²) < 4.78 is 0. The van der Waals surface area contributed by atoms with E-state index in [4.69, 9.17) is 5.73 Å². The first kappa shape index (κ1) is 11.5. The molecule has 0 unspecified atom stereocenters. The van der Waals surface area contributed by atoms with Gasteiger partial charge < -0.3 is 5.73 Å². The monoisotopic (exact) mass is 224 g/mol. The molecular formula is C15H16N2. The molecule has 0 saturated heterocycles. The molecule has 0 saturated carbocycles. The van der Waals surface area contributed by atoms with Crippen molar-refractivity contribution in [3.8, 4) is 6.07 Å². The average Bonchev–Trinajstić information content (AvgIpc) is 2.29. The van der Waals surface area contributed by atoms with Crippen LogP contribution in [0.3, 0.4) is 0 Å². The van der Waals surface area contributed by atoms with Crippen molar-refractivity contribution in [1.82, 2.24) is 0 Å². The maximum atomic E-state index is 9.23. The van der Waals surface area contributed by atoms with Crippen molar-refractivity contribution < 1.29 is 0 Å². The summed E-state index contributed by atoms with van der Waals surface area (Å²) in [5.74, 6) is 0.382. The minimum absolute atomic E-state index is 0.382. The topological polar surface area (TPSA) is 49.8 Å². The zero-order valence-electron chi connectivity index (χ0n) is 10.4. The number of benzene rings is 2. The van der Waals surface area contributed by atoms with Gasteiger partial charge in [0.1, 0.15) is 6.07 Å². The lowest BCUT2D eigenvalue weighted by Gasteiger charge is -2.17. The molecule has 0 aliphatic heterocycles. The number of nitrogen functional groups attached to an aromatic ring is 1. The number of hydrogen-bond acceptors (Lipinski definition) is 2. The van der Waals surface area contributed by atoms with E-state index in [0.29, 0.717) is 17.2 Å². The highest BCUT2D eigenvalue weighted by Crippen LogP contribution is 2.35. The second-order valence-electron chi connectivity index (χ2n) is 4.64. The van der Waals surface area contributed by atoms with Gasteiger partial charge in [0.25, 0.3) is 0 Å². The predicted molar refractivity (Wildman–Crippen MR) is 71.9 cm³/mol. The molecule has 0 fully saturated rings. The van der Waals surface area contributed by atoms with Crippen LogP contribution in [0.1, 0.15) is 36.5 Å². The van der Waals surface area contributed by atoms with Crippen LogP contribution in [-0.4, -0.2) is 0 Å². The molecule has 2 heteroatoms. The van der Waals surface area contributed by atoms with E-state index in [-0.39, 0.29) is 0 Å². The fourth-order valence-electron chi connectivity index (χ4n) is 2.51. The van der Waals surface area contributed by atoms with Gasteiger partial charge in [0, 0.05) is 5.39 Å². The third-order valence-electron chi connectivity index (χ3n) is 3.24. The second kappa shape index (κ2) is 4.10. The van der Waals surface area contributed by atoms with Crippen LogP contribution in [0.4, 0.5) is 5.69 Å². The van der Waals surface area contributed by atoms with Gasteiger partial charge >= 0.3 is 0 Å². The van der Waals surface area contributed by atoms with Crippen LogP contribution in [0.2, 0.25) is 0 Å². The molecule has 0 radical (unpaired) electrons. The zero-order valence-corrected chi connectivity index (χ0v) is 10.4. The number of nitrogens with zero attached hydrogens (tertiary/aromatic N) is 1. The van der Waals surface area contributed by atoms with Gasteiger partial charge in [0.15, 0.2) is 0 Å². The Kier molecular flexibility index (Phi) is 2.77. The Labute approximate surface area is 102 Å². The number of nitriles is 1. The largest absolute Gasteiger partial charge is 0.397 e. The van der Waals surface area contributed by atoms with E-state index in [1.165, 1.54) is 5.56 Å². The predicted octanol–water partition coefficient (Wildman–Crippen LogP) is 3.73. The van der Waals surface area contributed by atoms with Gasteiger partial charge in [-0.1, -0.05) is 38.1 Å². The van der Waals surface area contributed by atoms with Crippen LogP contribution in [-0.2, 0) is 0 Å². The van der Waals surface area contributed by atoms with Crippen LogP contribution >= 0.6 is 0 Å². The molecule has 2 aromatic carbocycles. The van der Waals surface area contributed by atoms with E-state index >= 15 is 0 Å². The molecule has 0 heterocycles.